The second-order valence-electron chi connectivity index (χ2n) is 28.8. The number of carboxylic acid groups (broad SMARTS) is 1. The van der Waals surface area contributed by atoms with Crippen LogP contribution in [0.2, 0.25) is 0 Å². The minimum absolute atomic E-state index is 0.00866. The summed E-state index contributed by atoms with van der Waals surface area (Å²) in [6, 6.07) is 0. The van der Waals surface area contributed by atoms with Crippen molar-refractivity contribution < 1.29 is 147 Å². The molecule has 2 amide bonds. The van der Waals surface area contributed by atoms with E-state index in [0.717, 1.165) is 90.5 Å². The molecule has 0 spiro atoms. The Labute approximate surface area is 639 Å². The Bertz CT molecular complexity index is 2370. The van der Waals surface area contributed by atoms with Gasteiger partial charge in [-0.25, -0.2) is 14.4 Å². The molecular formula is C74H141NO31S. The van der Waals surface area contributed by atoms with Gasteiger partial charge in [0.25, 0.3) is 21.9 Å². The van der Waals surface area contributed by atoms with Crippen molar-refractivity contribution in [2.24, 2.45) is 0 Å². The van der Waals surface area contributed by atoms with Crippen LogP contribution < -0.4 is 0 Å². The molecule has 2 atom stereocenters. The van der Waals surface area contributed by atoms with Crippen molar-refractivity contribution >= 4 is 63.7 Å². The Hall–Kier alpha value is -5.14. The summed E-state index contributed by atoms with van der Waals surface area (Å²) in [6.45, 7) is 42.1. The van der Waals surface area contributed by atoms with Gasteiger partial charge in [0.1, 0.15) is 41.2 Å². The monoisotopic (exact) mass is 1570 g/mol. The van der Waals surface area contributed by atoms with Crippen LogP contribution in [0.25, 0.3) is 0 Å². The van der Waals surface area contributed by atoms with Gasteiger partial charge in [-0.2, -0.15) is 8.42 Å². The normalized spacial score (nSPS) is 15.0. The lowest BCUT2D eigenvalue weighted by molar-refractivity contribution is -0.197. The Morgan fingerprint density at radius 1 is 0.430 bits per heavy atom. The number of carbonyl (C=O) groups is 9. The number of hydroxylamine groups is 2. The van der Waals surface area contributed by atoms with E-state index in [0.29, 0.717) is 83.6 Å². The van der Waals surface area contributed by atoms with Gasteiger partial charge in [-0.15, -0.1) is 5.06 Å². The maximum absolute atomic E-state index is 11.3. The van der Waals surface area contributed by atoms with Crippen LogP contribution in [0.3, 0.4) is 0 Å². The lowest BCUT2D eigenvalue weighted by Gasteiger charge is -2.22. The average molecular weight is 1570 g/mol. The molecule has 3 rings (SSSR count). The Balaban J connectivity index is -0.000000375. The summed E-state index contributed by atoms with van der Waals surface area (Å²) in [4.78, 5) is 103. The Morgan fingerprint density at radius 3 is 1.08 bits per heavy atom. The van der Waals surface area contributed by atoms with E-state index in [1.807, 2.05) is 96.9 Å². The molecule has 107 heavy (non-hydrogen) atoms. The van der Waals surface area contributed by atoms with E-state index < -0.39 is 56.6 Å². The maximum atomic E-state index is 11.3. The molecule has 0 bridgehead atoms. The third kappa shape index (κ3) is 95.0. The van der Waals surface area contributed by atoms with Crippen LogP contribution >= 0.6 is 0 Å². The van der Waals surface area contributed by atoms with Crippen molar-refractivity contribution in [3.8, 4) is 0 Å². The standard InChI is InChI=1S/C13H24O5.C11H17NO5.C11H22O6S.C11H22O3.C8H16O4.2C7H14O3.C6H12O2/c1-13(2,3)18-11(14)10-15-8-9-17-12-6-4-5-7-16-12;1-2-7-16-8-3-4-11(15)17-12-9(13)5-6-10(12)14;1-11(2,3)17-10(12)6-5-7-15-8-9-16-18(4,13)14;1-5-8-13-9-6-7-10(12)14-11(2,3)4;1-8(2,3)12-7(10)6-11-5-4-9;8-4-6-10-7-3-1-2-5-9-7;1-2-5-10-6-3-4-7(8)9;1-5(7)8-6(2,3)4/h12H,4-10H2,1-3H3;2-8H2,1H3;5-9H2,1-4H3;5-9H2,1-4H3;9H,4-6H2,1-3H3;7-8H,1-6H2;2-6H2,1H3,(H,8,9);1-4H3. The molecule has 0 aromatic rings. The van der Waals surface area contributed by atoms with Crippen LogP contribution in [-0.4, -0.2) is 255 Å². The summed E-state index contributed by atoms with van der Waals surface area (Å²) in [5.41, 5.74) is -2.11. The second-order valence-corrected chi connectivity index (χ2v) is 30.4. The Kier molecular flexibility index (Phi) is 69.9. The van der Waals surface area contributed by atoms with E-state index in [9.17, 15) is 51.6 Å². The highest BCUT2D eigenvalue weighted by atomic mass is 32.2. The number of rotatable bonds is 40. The molecule has 0 aromatic carbocycles. The van der Waals surface area contributed by atoms with Gasteiger partial charge < -0.3 is 91.2 Å². The fraction of sp³-hybridized carbons (Fsp3) is 0.878. The van der Waals surface area contributed by atoms with Gasteiger partial charge in [-0.1, -0.05) is 20.8 Å². The van der Waals surface area contributed by atoms with Gasteiger partial charge in [0, 0.05) is 98.5 Å². The number of aliphatic carboxylic acids is 1. The molecule has 0 saturated carbocycles. The molecule has 3 aliphatic rings. The number of imide groups is 1. The number of aliphatic hydroxyl groups excluding tert-OH is 2. The van der Waals surface area contributed by atoms with E-state index in [1.165, 1.54) is 13.3 Å². The van der Waals surface area contributed by atoms with E-state index in [-0.39, 0.29) is 126 Å². The quantitative estimate of drug-likeness (QED) is 0.0169. The molecular weight excluding hydrogens is 1430 g/mol. The van der Waals surface area contributed by atoms with Crippen LogP contribution in [0.5, 0.6) is 0 Å². The molecule has 33 heteroatoms. The van der Waals surface area contributed by atoms with Gasteiger partial charge in [0.2, 0.25) is 0 Å². The van der Waals surface area contributed by atoms with Gasteiger partial charge in [-0.3, -0.25) is 33.0 Å². The number of esters is 5. The Morgan fingerprint density at radius 2 is 0.766 bits per heavy atom. The smallest absolute Gasteiger partial charge is 0.333 e. The van der Waals surface area contributed by atoms with Crippen LogP contribution in [0, 0.1) is 0 Å². The SMILES string of the molecule is CC(=O)OC(C)(C)C.CC(C)(C)OC(=O)CCCOCCOS(C)(=O)=O.CC(C)(C)OC(=O)COCCO.CC(C)(C)OC(=O)COCCOC1CCCCO1.CCCOCCCC(=O)O.CCCOCCCC(=O)OC(C)(C)C.CCCOCCCC(=O)ON1C(=O)CCC1=O.OCCOC1CCCCO1. The number of carboxylic acids is 1. The van der Waals surface area contributed by atoms with Gasteiger partial charge in [0.15, 0.2) is 12.6 Å². The highest BCUT2D eigenvalue weighted by Gasteiger charge is 2.33. The van der Waals surface area contributed by atoms with E-state index >= 15 is 0 Å². The van der Waals surface area contributed by atoms with Gasteiger partial charge in [0.05, 0.1) is 65.5 Å². The predicted octanol–water partition coefficient (Wildman–Crippen LogP) is 9.81. The van der Waals surface area contributed by atoms with E-state index in [4.69, 9.17) is 86.4 Å². The van der Waals surface area contributed by atoms with Crippen molar-refractivity contribution in [1.82, 2.24) is 5.06 Å². The fourth-order valence-corrected chi connectivity index (χ4v) is 7.98. The average Bonchev–Trinajstić information content (AvgIpc) is 1.73. The first kappa shape index (κ1) is 110. The predicted molar refractivity (Wildman–Crippen MR) is 396 cm³/mol. The number of carbonyl (C=O) groups excluding carboxylic acids is 8. The summed E-state index contributed by atoms with van der Waals surface area (Å²) < 4.78 is 103. The molecule has 2 unspecified atom stereocenters. The summed E-state index contributed by atoms with van der Waals surface area (Å²) in [5, 5.41) is 25.5. The number of amides is 2. The number of aliphatic hydroxyl groups is 2. The topological polar surface area (TPSA) is 409 Å². The highest BCUT2D eigenvalue weighted by Crippen LogP contribution is 2.17. The van der Waals surface area contributed by atoms with Crippen molar-refractivity contribution in [2.45, 2.75) is 294 Å². The third-order valence-corrected chi connectivity index (χ3v) is 12.1. The fourth-order valence-electron chi connectivity index (χ4n) is 7.61. The van der Waals surface area contributed by atoms with Crippen LogP contribution in [-0.2, 0) is 133 Å². The zero-order valence-electron chi connectivity index (χ0n) is 68.7. The van der Waals surface area contributed by atoms with Crippen LogP contribution in [0.1, 0.15) is 254 Å². The molecule has 0 aliphatic carbocycles. The summed E-state index contributed by atoms with van der Waals surface area (Å²) in [6.07, 6.45) is 14.0. The van der Waals surface area contributed by atoms with Crippen molar-refractivity contribution in [3.05, 3.63) is 0 Å². The first-order valence-electron chi connectivity index (χ1n) is 37.1. The number of hydrogen-bond acceptors (Lipinski definition) is 30. The van der Waals surface area contributed by atoms with E-state index in [1.54, 1.807) is 20.8 Å². The number of nitrogens with zero attached hydrogens (tertiary/aromatic N) is 1. The van der Waals surface area contributed by atoms with Gasteiger partial charge in [-0.05, 0) is 187 Å². The lowest BCUT2D eigenvalue weighted by atomic mass is 10.2. The first-order chi connectivity index (χ1) is 49.7. The summed E-state index contributed by atoms with van der Waals surface area (Å²) in [7, 11) is -3.40. The van der Waals surface area contributed by atoms with Crippen LogP contribution in [0.4, 0.5) is 0 Å². The largest absolute Gasteiger partial charge is 0.481 e. The minimum atomic E-state index is -3.40. The van der Waals surface area contributed by atoms with Crippen molar-refractivity contribution in [1.29, 1.82) is 0 Å². The van der Waals surface area contributed by atoms with Gasteiger partial charge >= 0.3 is 41.8 Å². The molecule has 3 heterocycles. The minimum Gasteiger partial charge on any atom is -0.481 e. The molecule has 0 aromatic heterocycles. The molecule has 32 nitrogen and oxygen atoms in total. The molecule has 3 saturated heterocycles. The summed E-state index contributed by atoms with van der Waals surface area (Å²) >= 11 is 0. The molecule has 0 radical (unpaired) electrons. The highest BCUT2D eigenvalue weighted by molar-refractivity contribution is 7.86. The maximum Gasteiger partial charge on any atom is 0.333 e. The zero-order valence-corrected chi connectivity index (χ0v) is 69.5. The van der Waals surface area contributed by atoms with Crippen molar-refractivity contribution in [3.63, 3.8) is 0 Å². The number of hydrogen-bond donors (Lipinski definition) is 3. The lowest BCUT2D eigenvalue weighted by Crippen LogP contribution is -2.32. The second kappa shape index (κ2) is 67.7. The molecule has 3 fully saturated rings. The van der Waals surface area contributed by atoms with Crippen LogP contribution in [0.15, 0.2) is 0 Å². The van der Waals surface area contributed by atoms with E-state index in [2.05, 4.69) is 15.9 Å². The molecule has 3 aliphatic heterocycles. The molecule has 3 N–H and O–H groups in total. The third-order valence-electron chi connectivity index (χ3n) is 11.5. The molecule has 634 valence electrons. The van der Waals surface area contributed by atoms with Crippen molar-refractivity contribution in [2.75, 3.05) is 132 Å². The summed E-state index contributed by atoms with van der Waals surface area (Å²) in [5.74, 6) is -3.62. The first-order valence-corrected chi connectivity index (χ1v) is 38.9. The zero-order chi connectivity index (χ0) is 82.8. The number of ether oxygens (including phenoxy) is 15.